The molecule has 3 atom stereocenters. The Morgan fingerprint density at radius 3 is 2.55 bits per heavy atom. The highest BCUT2D eigenvalue weighted by Crippen LogP contribution is 2.29. The number of rotatable bonds is 5. The van der Waals surface area contributed by atoms with Gasteiger partial charge in [0, 0.05) is 23.1 Å². The van der Waals surface area contributed by atoms with Gasteiger partial charge >= 0.3 is 5.97 Å². The third-order valence-electron chi connectivity index (χ3n) is 6.12. The van der Waals surface area contributed by atoms with Gasteiger partial charge in [0.15, 0.2) is 6.61 Å². The minimum Gasteiger partial charge on any atom is -0.452 e. The van der Waals surface area contributed by atoms with Crippen molar-refractivity contribution in [2.45, 2.75) is 53.0 Å². The van der Waals surface area contributed by atoms with Crippen LogP contribution in [0.2, 0.25) is 0 Å². The first-order chi connectivity index (χ1) is 13.8. The van der Waals surface area contributed by atoms with Gasteiger partial charge < -0.3 is 14.6 Å². The number of carbonyl (C=O) groups excluding carboxylic acids is 2. The number of nitrogens with one attached hydrogen (secondary N) is 1. The van der Waals surface area contributed by atoms with E-state index in [-0.39, 0.29) is 24.4 Å². The van der Waals surface area contributed by atoms with E-state index in [0.29, 0.717) is 23.1 Å². The van der Waals surface area contributed by atoms with Crippen LogP contribution in [0.1, 0.15) is 54.9 Å². The summed E-state index contributed by atoms with van der Waals surface area (Å²) in [7, 11) is 0. The van der Waals surface area contributed by atoms with Gasteiger partial charge in [-0.3, -0.25) is 4.79 Å². The van der Waals surface area contributed by atoms with Crippen LogP contribution in [-0.2, 0) is 9.53 Å². The van der Waals surface area contributed by atoms with Crippen LogP contribution in [0, 0.1) is 31.5 Å². The number of carbonyl (C=O) groups is 2. The van der Waals surface area contributed by atoms with Gasteiger partial charge in [-0.15, -0.1) is 0 Å². The number of halogens is 1. The number of nitrogens with zero attached hydrogens (tertiary/aromatic N) is 1. The zero-order valence-electron chi connectivity index (χ0n) is 17.5. The summed E-state index contributed by atoms with van der Waals surface area (Å²) in [5.41, 5.74) is 2.68. The zero-order valence-corrected chi connectivity index (χ0v) is 17.5. The molecule has 0 bridgehead atoms. The van der Waals surface area contributed by atoms with E-state index < -0.39 is 5.97 Å². The van der Waals surface area contributed by atoms with Crippen LogP contribution < -0.4 is 5.32 Å². The summed E-state index contributed by atoms with van der Waals surface area (Å²) in [5, 5.41) is 3.01. The molecular formula is C23H29FN2O3. The van der Waals surface area contributed by atoms with Gasteiger partial charge in [-0.1, -0.05) is 26.7 Å². The van der Waals surface area contributed by atoms with Crippen LogP contribution in [0.4, 0.5) is 4.39 Å². The molecule has 1 aromatic heterocycles. The van der Waals surface area contributed by atoms with E-state index in [9.17, 15) is 14.0 Å². The predicted molar refractivity (Wildman–Crippen MR) is 110 cm³/mol. The number of amides is 1. The molecule has 156 valence electrons. The van der Waals surface area contributed by atoms with E-state index in [1.54, 1.807) is 25.1 Å². The molecule has 1 aromatic carbocycles. The maximum atomic E-state index is 13.2. The summed E-state index contributed by atoms with van der Waals surface area (Å²) in [6.45, 7) is 7.74. The third-order valence-corrected chi connectivity index (χ3v) is 6.12. The van der Waals surface area contributed by atoms with E-state index in [1.165, 1.54) is 18.6 Å². The highest BCUT2D eigenvalue weighted by molar-refractivity contribution is 5.93. The van der Waals surface area contributed by atoms with Crippen molar-refractivity contribution in [1.82, 2.24) is 9.88 Å². The second-order valence-electron chi connectivity index (χ2n) is 8.11. The number of esters is 1. The Labute approximate surface area is 171 Å². The Balaban J connectivity index is 1.63. The van der Waals surface area contributed by atoms with Gasteiger partial charge in [-0.25, -0.2) is 9.18 Å². The SMILES string of the molecule is Cc1cc(C(=O)OCC(=O)N[C@@H]2CCC[C@H](C)[C@@H]2C)c(C)n1-c1ccc(F)cc1. The molecule has 0 spiro atoms. The molecular weight excluding hydrogens is 371 g/mol. The van der Waals surface area contributed by atoms with Crippen LogP contribution >= 0.6 is 0 Å². The van der Waals surface area contributed by atoms with Gasteiger partial charge in [0.05, 0.1) is 5.56 Å². The van der Waals surface area contributed by atoms with Crippen LogP contribution in [0.25, 0.3) is 5.69 Å². The normalized spacial score (nSPS) is 21.6. The summed E-state index contributed by atoms with van der Waals surface area (Å²) in [4.78, 5) is 24.8. The molecule has 0 saturated heterocycles. The molecule has 0 radical (unpaired) electrons. The number of hydrogen-bond acceptors (Lipinski definition) is 3. The van der Waals surface area contributed by atoms with E-state index in [2.05, 4.69) is 19.2 Å². The van der Waals surface area contributed by atoms with Crippen molar-refractivity contribution in [1.29, 1.82) is 0 Å². The fourth-order valence-corrected chi connectivity index (χ4v) is 4.20. The van der Waals surface area contributed by atoms with Gasteiger partial charge in [-0.2, -0.15) is 0 Å². The fourth-order valence-electron chi connectivity index (χ4n) is 4.20. The van der Waals surface area contributed by atoms with Crippen molar-refractivity contribution in [2.24, 2.45) is 11.8 Å². The van der Waals surface area contributed by atoms with Crippen LogP contribution in [-0.4, -0.2) is 29.1 Å². The summed E-state index contributed by atoms with van der Waals surface area (Å²) >= 11 is 0. The lowest BCUT2D eigenvalue weighted by atomic mass is 9.78. The maximum Gasteiger partial charge on any atom is 0.340 e. The Bertz CT molecular complexity index is 888. The smallest absolute Gasteiger partial charge is 0.340 e. The van der Waals surface area contributed by atoms with E-state index in [0.717, 1.165) is 24.2 Å². The van der Waals surface area contributed by atoms with Crippen LogP contribution in [0.5, 0.6) is 0 Å². The Kier molecular flexibility index (Phi) is 6.40. The van der Waals surface area contributed by atoms with Gasteiger partial charge in [0.2, 0.25) is 0 Å². The molecule has 5 nitrogen and oxygen atoms in total. The maximum absolute atomic E-state index is 13.2. The van der Waals surface area contributed by atoms with E-state index >= 15 is 0 Å². The molecule has 1 saturated carbocycles. The Morgan fingerprint density at radius 1 is 1.17 bits per heavy atom. The molecule has 3 rings (SSSR count). The first-order valence-electron chi connectivity index (χ1n) is 10.2. The third kappa shape index (κ3) is 4.69. The number of ether oxygens (including phenoxy) is 1. The van der Waals surface area contributed by atoms with E-state index in [4.69, 9.17) is 4.74 Å². The summed E-state index contributed by atoms with van der Waals surface area (Å²) in [6.07, 6.45) is 3.25. The van der Waals surface area contributed by atoms with Crippen molar-refractivity contribution >= 4 is 11.9 Å². The monoisotopic (exact) mass is 400 g/mol. The molecule has 6 heteroatoms. The minimum absolute atomic E-state index is 0.133. The average Bonchev–Trinajstić information content (AvgIpc) is 2.99. The number of benzene rings is 1. The lowest BCUT2D eigenvalue weighted by molar-refractivity contribution is -0.125. The van der Waals surface area contributed by atoms with Crippen LogP contribution in [0.15, 0.2) is 30.3 Å². The Hall–Kier alpha value is -2.63. The van der Waals surface area contributed by atoms with Crippen molar-refractivity contribution < 1.29 is 18.7 Å². The standard InChI is InChI=1S/C23H29FN2O3/c1-14-6-5-7-21(16(14)3)25-22(27)13-29-23(28)20-12-15(2)26(17(20)4)19-10-8-18(24)9-11-19/h8-12,14,16,21H,5-7,13H2,1-4H3,(H,25,27)/t14-,16-,21+/m0/s1. The molecule has 29 heavy (non-hydrogen) atoms. The summed E-state index contributed by atoms with van der Waals surface area (Å²) in [6, 6.07) is 7.93. The first kappa shape index (κ1) is 21.1. The van der Waals surface area contributed by atoms with Crippen LogP contribution in [0.3, 0.4) is 0 Å². The number of aryl methyl sites for hydroxylation is 1. The highest BCUT2D eigenvalue weighted by Gasteiger charge is 2.28. The van der Waals surface area contributed by atoms with E-state index in [1.807, 2.05) is 11.5 Å². The second kappa shape index (κ2) is 8.80. The lowest BCUT2D eigenvalue weighted by Gasteiger charge is -2.34. The Morgan fingerprint density at radius 2 is 1.86 bits per heavy atom. The molecule has 1 heterocycles. The summed E-state index contributed by atoms with van der Waals surface area (Å²) in [5.74, 6) is -0.127. The predicted octanol–water partition coefficient (Wildman–Crippen LogP) is 4.33. The number of aromatic nitrogens is 1. The molecule has 1 aliphatic rings. The quantitative estimate of drug-likeness (QED) is 0.760. The molecule has 1 N–H and O–H groups in total. The molecule has 1 fully saturated rings. The molecule has 1 amide bonds. The highest BCUT2D eigenvalue weighted by atomic mass is 19.1. The molecule has 1 aliphatic carbocycles. The molecule has 2 aromatic rings. The van der Waals surface area contributed by atoms with Gasteiger partial charge in [0.1, 0.15) is 5.82 Å². The van der Waals surface area contributed by atoms with Crippen molar-refractivity contribution in [3.05, 3.63) is 53.1 Å². The van der Waals surface area contributed by atoms with Crippen molar-refractivity contribution in [3.63, 3.8) is 0 Å². The second-order valence-corrected chi connectivity index (χ2v) is 8.11. The summed E-state index contributed by atoms with van der Waals surface area (Å²) < 4.78 is 20.3. The number of hydrogen-bond donors (Lipinski definition) is 1. The van der Waals surface area contributed by atoms with Gasteiger partial charge in [-0.05, 0) is 62.4 Å². The largest absolute Gasteiger partial charge is 0.452 e. The lowest BCUT2D eigenvalue weighted by Crippen LogP contribution is -2.45. The topological polar surface area (TPSA) is 60.3 Å². The first-order valence-corrected chi connectivity index (χ1v) is 10.2. The zero-order chi connectivity index (χ0) is 21.1. The van der Waals surface area contributed by atoms with Crippen molar-refractivity contribution in [2.75, 3.05) is 6.61 Å². The average molecular weight is 400 g/mol. The van der Waals surface area contributed by atoms with Crippen molar-refractivity contribution in [3.8, 4) is 5.69 Å². The van der Waals surface area contributed by atoms with Gasteiger partial charge in [0.25, 0.3) is 5.91 Å². The molecule has 0 unspecified atom stereocenters. The fraction of sp³-hybridized carbons (Fsp3) is 0.478. The minimum atomic E-state index is -0.535. The molecule has 0 aliphatic heterocycles.